The number of methoxy groups -OCH3 is 2. The Bertz CT molecular complexity index is 1020. The summed E-state index contributed by atoms with van der Waals surface area (Å²) in [5, 5.41) is 7.19. The van der Waals surface area contributed by atoms with Gasteiger partial charge in [0.2, 0.25) is 0 Å². The highest BCUT2D eigenvalue weighted by Crippen LogP contribution is 2.36. The third-order valence-corrected chi connectivity index (χ3v) is 4.56. The number of nitrogens with two attached hydrogens (primary N) is 1. The third kappa shape index (κ3) is 4.90. The summed E-state index contributed by atoms with van der Waals surface area (Å²) in [7, 11) is 3.12. The van der Waals surface area contributed by atoms with Gasteiger partial charge in [0.25, 0.3) is 5.91 Å². The topological polar surface area (TPSA) is 101 Å². The van der Waals surface area contributed by atoms with Gasteiger partial charge in [0.05, 0.1) is 32.0 Å². The average molecular weight is 410 g/mol. The molecule has 2 aromatic carbocycles. The Morgan fingerprint density at radius 1 is 1.07 bits per heavy atom. The maximum atomic E-state index is 12.6. The molecule has 0 atom stereocenters. The number of hydrogen-bond acceptors (Lipinski definition) is 6. The largest absolute Gasteiger partial charge is 0.496 e. The fourth-order valence-corrected chi connectivity index (χ4v) is 3.02. The fraction of sp³-hybridized carbons (Fsp3) is 0.273. The Hall–Kier alpha value is -3.52. The molecule has 0 aliphatic heterocycles. The molecule has 0 radical (unpaired) electrons. The first-order valence-corrected chi connectivity index (χ1v) is 9.55. The second kappa shape index (κ2) is 9.80. The third-order valence-electron chi connectivity index (χ3n) is 4.56. The summed E-state index contributed by atoms with van der Waals surface area (Å²) in [6.07, 6.45) is 1.88. The molecule has 0 aliphatic rings. The molecule has 3 rings (SSSR count). The number of benzene rings is 2. The smallest absolute Gasteiger partial charge is 0.251 e. The molecule has 30 heavy (non-hydrogen) atoms. The van der Waals surface area contributed by atoms with Crippen molar-refractivity contribution in [1.29, 1.82) is 0 Å². The van der Waals surface area contributed by atoms with E-state index >= 15 is 0 Å². The van der Waals surface area contributed by atoms with E-state index in [1.807, 2.05) is 31.3 Å². The molecule has 0 saturated carbocycles. The molecule has 1 heterocycles. The van der Waals surface area contributed by atoms with Gasteiger partial charge in [0.15, 0.2) is 11.5 Å². The van der Waals surface area contributed by atoms with Gasteiger partial charge in [-0.25, -0.2) is 0 Å². The van der Waals surface area contributed by atoms with Gasteiger partial charge in [-0.05, 0) is 43.3 Å². The number of carbonyl (C=O) groups is 1. The molecular weight excluding hydrogens is 384 g/mol. The van der Waals surface area contributed by atoms with Crippen molar-refractivity contribution in [2.45, 2.75) is 20.0 Å². The van der Waals surface area contributed by atoms with Crippen molar-refractivity contribution in [2.24, 2.45) is 5.73 Å². The van der Waals surface area contributed by atoms with Crippen LogP contribution in [0.15, 0.2) is 48.7 Å². The number of rotatable bonds is 9. The number of aromatic nitrogens is 2. The van der Waals surface area contributed by atoms with E-state index < -0.39 is 0 Å². The lowest BCUT2D eigenvalue weighted by Crippen LogP contribution is -2.27. The van der Waals surface area contributed by atoms with Crippen LogP contribution in [0.25, 0.3) is 0 Å². The van der Waals surface area contributed by atoms with Crippen molar-refractivity contribution < 1.29 is 19.0 Å². The normalized spacial score (nSPS) is 10.5. The highest BCUT2D eigenvalue weighted by atomic mass is 16.5. The Morgan fingerprint density at radius 3 is 2.50 bits per heavy atom. The summed E-state index contributed by atoms with van der Waals surface area (Å²) in [4.78, 5) is 12.6. The first-order chi connectivity index (χ1) is 14.5. The number of aryl methyl sites for hydroxylation is 1. The summed E-state index contributed by atoms with van der Waals surface area (Å²) in [6, 6.07) is 12.4. The minimum Gasteiger partial charge on any atom is -0.496 e. The minimum absolute atomic E-state index is 0.212. The molecule has 8 heteroatoms. The van der Waals surface area contributed by atoms with Crippen LogP contribution in [0.2, 0.25) is 0 Å². The van der Waals surface area contributed by atoms with E-state index in [4.69, 9.17) is 19.9 Å². The minimum atomic E-state index is -0.212. The molecular formula is C22H26N4O4. The molecule has 0 spiro atoms. The second-order valence-corrected chi connectivity index (χ2v) is 6.58. The second-order valence-electron chi connectivity index (χ2n) is 6.58. The Labute approximate surface area is 175 Å². The average Bonchev–Trinajstić information content (AvgIpc) is 3.18. The molecule has 3 N–H and O–H groups in total. The van der Waals surface area contributed by atoms with Crippen LogP contribution in [0.4, 0.5) is 0 Å². The number of carbonyl (C=O) groups excluding carboxylic acids is 1. The van der Waals surface area contributed by atoms with Gasteiger partial charge in [-0.15, -0.1) is 0 Å². The molecule has 0 saturated heterocycles. The van der Waals surface area contributed by atoms with E-state index in [1.54, 1.807) is 43.2 Å². The highest BCUT2D eigenvalue weighted by molar-refractivity contribution is 5.94. The van der Waals surface area contributed by atoms with Gasteiger partial charge in [-0.3, -0.25) is 9.48 Å². The summed E-state index contributed by atoms with van der Waals surface area (Å²) >= 11 is 0. The predicted octanol–water partition coefficient (Wildman–Crippen LogP) is 2.89. The molecule has 3 aromatic rings. The van der Waals surface area contributed by atoms with Crippen LogP contribution in [-0.2, 0) is 13.1 Å². The molecule has 0 unspecified atom stereocenters. The Kier molecular flexibility index (Phi) is 6.92. The van der Waals surface area contributed by atoms with Crippen LogP contribution < -0.4 is 25.3 Å². The summed E-state index contributed by atoms with van der Waals surface area (Å²) in [5.74, 6) is 1.88. The quantitative estimate of drug-likeness (QED) is 0.563. The van der Waals surface area contributed by atoms with Crippen LogP contribution in [0, 0.1) is 6.92 Å². The van der Waals surface area contributed by atoms with E-state index in [0.29, 0.717) is 41.7 Å². The van der Waals surface area contributed by atoms with E-state index in [1.165, 1.54) is 0 Å². The number of amides is 1. The van der Waals surface area contributed by atoms with Crippen molar-refractivity contribution in [3.05, 3.63) is 65.5 Å². The number of nitrogens with zero attached hydrogens (tertiary/aromatic N) is 2. The zero-order chi connectivity index (χ0) is 21.5. The first kappa shape index (κ1) is 21.2. The van der Waals surface area contributed by atoms with Crippen LogP contribution >= 0.6 is 0 Å². The lowest BCUT2D eigenvalue weighted by atomic mass is 10.1. The van der Waals surface area contributed by atoms with Crippen LogP contribution in [0.3, 0.4) is 0 Å². The Morgan fingerprint density at radius 2 is 1.83 bits per heavy atom. The SMILES string of the molecule is COc1ccc(C(=O)NCCn2ccc(C)n2)cc1Oc1cccc(OC)c1CN. The van der Waals surface area contributed by atoms with E-state index in [9.17, 15) is 4.79 Å². The van der Waals surface area contributed by atoms with Gasteiger partial charge in [0, 0.05) is 24.8 Å². The monoisotopic (exact) mass is 410 g/mol. The molecule has 8 nitrogen and oxygen atoms in total. The predicted molar refractivity (Wildman–Crippen MR) is 113 cm³/mol. The number of nitrogens with one attached hydrogen (secondary N) is 1. The molecule has 1 amide bonds. The zero-order valence-corrected chi connectivity index (χ0v) is 17.3. The Balaban J connectivity index is 1.76. The standard InChI is InChI=1S/C22H26N4O4/c1-15-9-11-26(25-15)12-10-24-22(27)16-7-8-20(29-3)21(13-16)30-19-6-4-5-18(28-2)17(19)14-23/h4-9,11,13H,10,12,14,23H2,1-3H3,(H,24,27). The van der Waals surface area contributed by atoms with Crippen molar-refractivity contribution in [1.82, 2.24) is 15.1 Å². The zero-order valence-electron chi connectivity index (χ0n) is 17.3. The molecule has 158 valence electrons. The van der Waals surface area contributed by atoms with Crippen molar-refractivity contribution in [3.63, 3.8) is 0 Å². The van der Waals surface area contributed by atoms with E-state index in [0.717, 1.165) is 11.3 Å². The van der Waals surface area contributed by atoms with E-state index in [-0.39, 0.29) is 12.5 Å². The van der Waals surface area contributed by atoms with Gasteiger partial charge >= 0.3 is 0 Å². The van der Waals surface area contributed by atoms with Gasteiger partial charge < -0.3 is 25.3 Å². The van der Waals surface area contributed by atoms with Gasteiger partial charge in [0.1, 0.15) is 11.5 Å². The molecule has 0 bridgehead atoms. The molecule has 0 aliphatic carbocycles. The van der Waals surface area contributed by atoms with Crippen LogP contribution in [0.5, 0.6) is 23.0 Å². The highest BCUT2D eigenvalue weighted by Gasteiger charge is 2.15. The van der Waals surface area contributed by atoms with Gasteiger partial charge in [-0.1, -0.05) is 6.07 Å². The first-order valence-electron chi connectivity index (χ1n) is 9.55. The van der Waals surface area contributed by atoms with Crippen LogP contribution in [0.1, 0.15) is 21.6 Å². The van der Waals surface area contributed by atoms with E-state index in [2.05, 4.69) is 10.4 Å². The maximum absolute atomic E-state index is 12.6. The number of hydrogen-bond donors (Lipinski definition) is 2. The molecule has 0 fully saturated rings. The number of ether oxygens (including phenoxy) is 3. The lowest BCUT2D eigenvalue weighted by molar-refractivity contribution is 0.0951. The summed E-state index contributed by atoms with van der Waals surface area (Å²) in [6.45, 7) is 3.21. The van der Waals surface area contributed by atoms with Gasteiger partial charge in [-0.2, -0.15) is 5.10 Å². The molecule has 1 aromatic heterocycles. The summed E-state index contributed by atoms with van der Waals surface area (Å²) in [5.41, 5.74) is 8.00. The maximum Gasteiger partial charge on any atom is 0.251 e. The van der Waals surface area contributed by atoms with Crippen LogP contribution in [-0.4, -0.2) is 36.5 Å². The van der Waals surface area contributed by atoms with Crippen molar-refractivity contribution >= 4 is 5.91 Å². The lowest BCUT2D eigenvalue weighted by Gasteiger charge is -2.16. The fourth-order valence-electron chi connectivity index (χ4n) is 3.02. The van der Waals surface area contributed by atoms with Crippen molar-refractivity contribution in [2.75, 3.05) is 20.8 Å². The van der Waals surface area contributed by atoms with Crippen molar-refractivity contribution in [3.8, 4) is 23.0 Å². The summed E-state index contributed by atoms with van der Waals surface area (Å²) < 4.78 is 18.6.